The van der Waals surface area contributed by atoms with Gasteiger partial charge >= 0.3 is 0 Å². The van der Waals surface area contributed by atoms with Gasteiger partial charge in [-0.25, -0.2) is 4.98 Å². The van der Waals surface area contributed by atoms with Crippen LogP contribution in [0.1, 0.15) is 24.8 Å². The number of hydrogen-bond acceptors (Lipinski definition) is 3. The molecule has 2 N–H and O–H groups in total. The van der Waals surface area contributed by atoms with Gasteiger partial charge in [0, 0.05) is 6.54 Å². The maximum Gasteiger partial charge on any atom is 0.201 e. The summed E-state index contributed by atoms with van der Waals surface area (Å²) in [5.74, 6) is 1.48. The van der Waals surface area contributed by atoms with Crippen molar-refractivity contribution in [1.82, 2.24) is 14.5 Å². The number of anilines is 1. The first-order chi connectivity index (χ1) is 9.63. The summed E-state index contributed by atoms with van der Waals surface area (Å²) in [7, 11) is 2.21. The Morgan fingerprint density at radius 3 is 2.80 bits per heavy atom. The predicted octanol–water partition coefficient (Wildman–Crippen LogP) is 2.66. The van der Waals surface area contributed by atoms with Gasteiger partial charge in [-0.1, -0.05) is 6.07 Å². The van der Waals surface area contributed by atoms with Gasteiger partial charge in [0.2, 0.25) is 5.95 Å². The third-order valence-corrected chi connectivity index (χ3v) is 4.53. The Morgan fingerprint density at radius 1 is 1.30 bits per heavy atom. The largest absolute Gasteiger partial charge is 0.369 e. The molecule has 0 spiro atoms. The Kier molecular flexibility index (Phi) is 3.66. The fraction of sp³-hybridized carbons (Fsp3) is 0.562. The molecule has 1 aliphatic rings. The molecule has 0 amide bonds. The van der Waals surface area contributed by atoms with E-state index in [0.717, 1.165) is 18.0 Å². The quantitative estimate of drug-likeness (QED) is 0.934. The van der Waals surface area contributed by atoms with Gasteiger partial charge in [-0.15, -0.1) is 0 Å². The Balaban J connectivity index is 1.74. The molecule has 4 heteroatoms. The van der Waals surface area contributed by atoms with Gasteiger partial charge in [0.1, 0.15) is 0 Å². The van der Waals surface area contributed by atoms with Gasteiger partial charge in [-0.2, -0.15) is 0 Å². The lowest BCUT2D eigenvalue weighted by atomic mass is 9.94. The number of imidazole rings is 1. The first-order valence-corrected chi connectivity index (χ1v) is 7.54. The molecule has 108 valence electrons. The monoisotopic (exact) mass is 272 g/mol. The van der Waals surface area contributed by atoms with Crippen molar-refractivity contribution in [3.05, 3.63) is 23.8 Å². The molecule has 1 aromatic heterocycles. The number of hydrogen-bond donors (Lipinski definition) is 1. The molecule has 1 aromatic carbocycles. The highest BCUT2D eigenvalue weighted by molar-refractivity contribution is 5.79. The van der Waals surface area contributed by atoms with Crippen molar-refractivity contribution in [2.75, 3.05) is 25.9 Å². The van der Waals surface area contributed by atoms with Crippen LogP contribution >= 0.6 is 0 Å². The summed E-state index contributed by atoms with van der Waals surface area (Å²) in [5, 5.41) is 0. The molecular formula is C16H24N4. The van der Waals surface area contributed by atoms with E-state index in [1.54, 1.807) is 0 Å². The molecule has 1 fully saturated rings. The molecule has 4 nitrogen and oxygen atoms in total. The van der Waals surface area contributed by atoms with Crippen molar-refractivity contribution in [2.24, 2.45) is 5.92 Å². The lowest BCUT2D eigenvalue weighted by molar-refractivity contribution is 0.208. The third-order valence-electron chi connectivity index (χ3n) is 4.53. The van der Waals surface area contributed by atoms with Crippen LogP contribution in [0.4, 0.5) is 5.95 Å². The average Bonchev–Trinajstić information content (AvgIpc) is 2.73. The van der Waals surface area contributed by atoms with E-state index in [1.807, 2.05) is 0 Å². The van der Waals surface area contributed by atoms with Crippen LogP contribution in [-0.4, -0.2) is 34.6 Å². The zero-order valence-electron chi connectivity index (χ0n) is 12.5. The second-order valence-electron chi connectivity index (χ2n) is 6.15. The molecule has 0 atom stereocenters. The molecular weight excluding hydrogens is 248 g/mol. The van der Waals surface area contributed by atoms with Crippen molar-refractivity contribution in [3.8, 4) is 0 Å². The second kappa shape index (κ2) is 5.44. The van der Waals surface area contributed by atoms with Crippen LogP contribution in [0.25, 0.3) is 11.0 Å². The molecule has 2 aromatic rings. The minimum Gasteiger partial charge on any atom is -0.369 e. The summed E-state index contributed by atoms with van der Waals surface area (Å²) >= 11 is 0. The summed E-state index contributed by atoms with van der Waals surface area (Å²) in [4.78, 5) is 6.88. The highest BCUT2D eigenvalue weighted by Crippen LogP contribution is 2.24. The van der Waals surface area contributed by atoms with Crippen molar-refractivity contribution >= 4 is 17.0 Å². The summed E-state index contributed by atoms with van der Waals surface area (Å²) in [6.45, 7) is 5.55. The normalized spacial score (nSPS) is 17.9. The van der Waals surface area contributed by atoms with Crippen molar-refractivity contribution in [2.45, 2.75) is 32.7 Å². The van der Waals surface area contributed by atoms with Crippen LogP contribution in [0.15, 0.2) is 18.2 Å². The average molecular weight is 272 g/mol. The minimum absolute atomic E-state index is 0.651. The fourth-order valence-electron chi connectivity index (χ4n) is 3.15. The second-order valence-corrected chi connectivity index (χ2v) is 6.15. The molecule has 3 rings (SSSR count). The van der Waals surface area contributed by atoms with Crippen LogP contribution in [0.3, 0.4) is 0 Å². The summed E-state index contributed by atoms with van der Waals surface area (Å²) in [6.07, 6.45) is 3.82. The minimum atomic E-state index is 0.651. The van der Waals surface area contributed by atoms with Crippen LogP contribution in [0.5, 0.6) is 0 Å². The Labute approximate surface area is 120 Å². The van der Waals surface area contributed by atoms with Gasteiger partial charge < -0.3 is 15.2 Å². The first kappa shape index (κ1) is 13.4. The summed E-state index contributed by atoms with van der Waals surface area (Å²) in [6, 6.07) is 6.34. The van der Waals surface area contributed by atoms with Gasteiger partial charge in [-0.3, -0.25) is 0 Å². The lowest BCUT2D eigenvalue weighted by Gasteiger charge is -2.29. The fourth-order valence-corrected chi connectivity index (χ4v) is 3.15. The van der Waals surface area contributed by atoms with Gasteiger partial charge in [0.05, 0.1) is 11.0 Å². The Hall–Kier alpha value is -1.55. The third kappa shape index (κ3) is 2.66. The number of aromatic nitrogens is 2. The molecule has 0 aliphatic carbocycles. The van der Waals surface area contributed by atoms with Crippen molar-refractivity contribution in [1.29, 1.82) is 0 Å². The van der Waals surface area contributed by atoms with Gasteiger partial charge in [0.25, 0.3) is 0 Å². The standard InChI is InChI=1S/C16H24N4/c1-12-3-4-14-15(11-12)20(16(17)18-14)10-7-13-5-8-19(2)9-6-13/h3-4,11,13H,5-10H2,1-2H3,(H2,17,18). The van der Waals surface area contributed by atoms with Crippen LogP contribution < -0.4 is 5.73 Å². The van der Waals surface area contributed by atoms with Crippen molar-refractivity contribution < 1.29 is 0 Å². The molecule has 0 saturated carbocycles. The van der Waals surface area contributed by atoms with Crippen LogP contribution in [-0.2, 0) is 6.54 Å². The maximum absolute atomic E-state index is 6.08. The highest BCUT2D eigenvalue weighted by atomic mass is 15.2. The number of nitrogen functional groups attached to an aromatic ring is 1. The number of piperidine rings is 1. The van der Waals surface area contributed by atoms with E-state index in [0.29, 0.717) is 5.95 Å². The van der Waals surface area contributed by atoms with E-state index in [4.69, 9.17) is 5.73 Å². The van der Waals surface area contributed by atoms with Gasteiger partial charge in [0.15, 0.2) is 0 Å². The number of likely N-dealkylation sites (tertiary alicyclic amines) is 1. The number of nitrogens with two attached hydrogens (primary N) is 1. The topological polar surface area (TPSA) is 47.1 Å². The molecule has 1 saturated heterocycles. The highest BCUT2D eigenvalue weighted by Gasteiger charge is 2.17. The SMILES string of the molecule is Cc1ccc2nc(N)n(CCC3CCN(C)CC3)c2c1. The Bertz CT molecular complexity index is 594. The van der Waals surface area contributed by atoms with E-state index in [2.05, 4.69) is 46.6 Å². The van der Waals surface area contributed by atoms with E-state index in [9.17, 15) is 0 Å². The predicted molar refractivity (Wildman–Crippen MR) is 83.7 cm³/mol. The summed E-state index contributed by atoms with van der Waals surface area (Å²) < 4.78 is 2.18. The smallest absolute Gasteiger partial charge is 0.201 e. The van der Waals surface area contributed by atoms with E-state index in [-0.39, 0.29) is 0 Å². The molecule has 2 heterocycles. The maximum atomic E-state index is 6.08. The van der Waals surface area contributed by atoms with Crippen molar-refractivity contribution in [3.63, 3.8) is 0 Å². The van der Waals surface area contributed by atoms with Crippen LogP contribution in [0.2, 0.25) is 0 Å². The molecule has 0 radical (unpaired) electrons. The van der Waals surface area contributed by atoms with E-state index >= 15 is 0 Å². The molecule has 20 heavy (non-hydrogen) atoms. The Morgan fingerprint density at radius 2 is 2.05 bits per heavy atom. The van der Waals surface area contributed by atoms with Crippen LogP contribution in [0, 0.1) is 12.8 Å². The summed E-state index contributed by atoms with van der Waals surface area (Å²) in [5.41, 5.74) is 9.53. The number of nitrogens with zero attached hydrogens (tertiary/aromatic N) is 3. The molecule has 1 aliphatic heterocycles. The zero-order chi connectivity index (χ0) is 14.1. The molecule has 0 unspecified atom stereocenters. The lowest BCUT2D eigenvalue weighted by Crippen LogP contribution is -2.30. The first-order valence-electron chi connectivity index (χ1n) is 7.54. The zero-order valence-corrected chi connectivity index (χ0v) is 12.5. The number of fused-ring (bicyclic) bond motifs is 1. The number of benzene rings is 1. The van der Waals surface area contributed by atoms with E-state index < -0.39 is 0 Å². The number of aryl methyl sites for hydroxylation is 2. The molecule has 0 bridgehead atoms. The van der Waals surface area contributed by atoms with Gasteiger partial charge in [-0.05, 0) is 69.9 Å². The van der Waals surface area contributed by atoms with E-state index in [1.165, 1.54) is 43.4 Å². The number of rotatable bonds is 3.